The maximum Gasteiger partial charge on any atom is 0.105 e. The van der Waals surface area contributed by atoms with Crippen LogP contribution in [0.3, 0.4) is 0 Å². The van der Waals surface area contributed by atoms with Crippen LogP contribution in [0.5, 0.6) is 0 Å². The van der Waals surface area contributed by atoms with Crippen LogP contribution in [0.25, 0.3) is 0 Å². The summed E-state index contributed by atoms with van der Waals surface area (Å²) in [4.78, 5) is 0. The molecule has 0 amide bonds. The molecule has 0 aliphatic rings. The second kappa shape index (κ2) is 4.26. The van der Waals surface area contributed by atoms with E-state index in [2.05, 4.69) is 6.07 Å². The van der Waals surface area contributed by atoms with E-state index in [1.54, 1.807) is 7.11 Å². The Balaban J connectivity index is 3.10. The fourth-order valence-corrected chi connectivity index (χ4v) is 1.41. The van der Waals surface area contributed by atoms with Gasteiger partial charge in [0.25, 0.3) is 0 Å². The van der Waals surface area contributed by atoms with Gasteiger partial charge in [0, 0.05) is 7.11 Å². The van der Waals surface area contributed by atoms with E-state index >= 15 is 0 Å². The standard InChI is InChI=1S/C12H15NO/c1-10(14-3)12(2,9-13)11-7-5-4-6-8-11/h4-8,10H,1-3H3. The van der Waals surface area contributed by atoms with Crippen molar-refractivity contribution in [1.82, 2.24) is 0 Å². The average molecular weight is 189 g/mol. The van der Waals surface area contributed by atoms with Crippen molar-refractivity contribution in [1.29, 1.82) is 5.26 Å². The predicted molar refractivity (Wildman–Crippen MR) is 55.9 cm³/mol. The van der Waals surface area contributed by atoms with Crippen molar-refractivity contribution < 1.29 is 4.74 Å². The van der Waals surface area contributed by atoms with Gasteiger partial charge in [-0.05, 0) is 19.4 Å². The van der Waals surface area contributed by atoms with Gasteiger partial charge in [-0.25, -0.2) is 0 Å². The number of methoxy groups -OCH3 is 1. The van der Waals surface area contributed by atoms with Crippen molar-refractivity contribution in [2.45, 2.75) is 25.4 Å². The lowest BCUT2D eigenvalue weighted by Crippen LogP contribution is -2.34. The Hall–Kier alpha value is -1.33. The van der Waals surface area contributed by atoms with Crippen molar-refractivity contribution >= 4 is 0 Å². The van der Waals surface area contributed by atoms with Gasteiger partial charge in [0.05, 0.1) is 12.2 Å². The van der Waals surface area contributed by atoms with Gasteiger partial charge in [0.2, 0.25) is 0 Å². The lowest BCUT2D eigenvalue weighted by atomic mass is 9.79. The lowest BCUT2D eigenvalue weighted by molar-refractivity contribution is 0.0752. The van der Waals surface area contributed by atoms with E-state index in [-0.39, 0.29) is 6.10 Å². The van der Waals surface area contributed by atoms with Gasteiger partial charge < -0.3 is 4.74 Å². The number of benzene rings is 1. The van der Waals surface area contributed by atoms with Crippen LogP contribution in [0.4, 0.5) is 0 Å². The quantitative estimate of drug-likeness (QED) is 0.732. The molecule has 1 aromatic rings. The summed E-state index contributed by atoms with van der Waals surface area (Å²) in [7, 11) is 1.63. The average Bonchev–Trinajstić information content (AvgIpc) is 2.28. The molecule has 0 saturated carbocycles. The van der Waals surface area contributed by atoms with Gasteiger partial charge in [-0.2, -0.15) is 5.26 Å². The van der Waals surface area contributed by atoms with Gasteiger partial charge >= 0.3 is 0 Å². The minimum absolute atomic E-state index is 0.116. The summed E-state index contributed by atoms with van der Waals surface area (Å²) in [5, 5.41) is 9.21. The van der Waals surface area contributed by atoms with E-state index in [0.29, 0.717) is 0 Å². The first-order valence-corrected chi connectivity index (χ1v) is 4.64. The summed E-state index contributed by atoms with van der Waals surface area (Å²) in [5.74, 6) is 0. The molecule has 2 unspecified atom stereocenters. The molecule has 2 nitrogen and oxygen atoms in total. The van der Waals surface area contributed by atoms with Gasteiger partial charge in [0.15, 0.2) is 0 Å². The number of ether oxygens (including phenoxy) is 1. The molecule has 0 heterocycles. The molecular formula is C12H15NO. The van der Waals surface area contributed by atoms with Crippen molar-refractivity contribution in [3.05, 3.63) is 35.9 Å². The normalized spacial score (nSPS) is 16.7. The molecule has 1 rings (SSSR count). The van der Waals surface area contributed by atoms with Crippen LogP contribution < -0.4 is 0 Å². The molecule has 0 fully saturated rings. The van der Waals surface area contributed by atoms with Crippen molar-refractivity contribution in [3.63, 3.8) is 0 Å². The second-order valence-corrected chi connectivity index (χ2v) is 3.56. The Kier molecular flexibility index (Phi) is 3.27. The number of hydrogen-bond acceptors (Lipinski definition) is 2. The molecule has 0 aliphatic heterocycles. The molecule has 1 aromatic carbocycles. The zero-order chi connectivity index (χ0) is 10.6. The molecule has 0 saturated heterocycles. The van der Waals surface area contributed by atoms with Crippen molar-refractivity contribution in [3.8, 4) is 6.07 Å². The second-order valence-electron chi connectivity index (χ2n) is 3.56. The zero-order valence-corrected chi connectivity index (χ0v) is 8.82. The monoisotopic (exact) mass is 189 g/mol. The maximum absolute atomic E-state index is 9.21. The summed E-state index contributed by atoms with van der Waals surface area (Å²) in [6.45, 7) is 3.81. The number of rotatable bonds is 3. The van der Waals surface area contributed by atoms with Crippen LogP contribution >= 0.6 is 0 Å². The lowest BCUT2D eigenvalue weighted by Gasteiger charge is -2.28. The van der Waals surface area contributed by atoms with E-state index in [4.69, 9.17) is 4.74 Å². The van der Waals surface area contributed by atoms with E-state index < -0.39 is 5.41 Å². The van der Waals surface area contributed by atoms with E-state index in [1.807, 2.05) is 44.2 Å². The van der Waals surface area contributed by atoms with E-state index in [0.717, 1.165) is 5.56 Å². The van der Waals surface area contributed by atoms with E-state index in [9.17, 15) is 5.26 Å². The predicted octanol–water partition coefficient (Wildman–Crippen LogP) is 2.50. The minimum Gasteiger partial charge on any atom is -0.380 e. The Morgan fingerprint density at radius 2 is 1.93 bits per heavy atom. The molecule has 0 aromatic heterocycles. The molecule has 0 N–H and O–H groups in total. The first kappa shape index (κ1) is 10.7. The minimum atomic E-state index is -0.573. The van der Waals surface area contributed by atoms with Crippen LogP contribution in [-0.2, 0) is 10.2 Å². The summed E-state index contributed by atoms with van der Waals surface area (Å²) >= 11 is 0. The summed E-state index contributed by atoms with van der Waals surface area (Å²) in [6.07, 6.45) is -0.116. The zero-order valence-electron chi connectivity index (χ0n) is 8.82. The van der Waals surface area contributed by atoms with Gasteiger partial charge in [-0.3, -0.25) is 0 Å². The Morgan fingerprint density at radius 1 is 1.36 bits per heavy atom. The molecule has 0 bridgehead atoms. The Bertz CT molecular complexity index is 328. The van der Waals surface area contributed by atoms with Crippen LogP contribution in [0.1, 0.15) is 19.4 Å². The molecule has 0 aliphatic carbocycles. The summed E-state index contributed by atoms with van der Waals surface area (Å²) in [5.41, 5.74) is 0.424. The largest absolute Gasteiger partial charge is 0.380 e. The fraction of sp³-hybridized carbons (Fsp3) is 0.417. The van der Waals surface area contributed by atoms with Gasteiger partial charge in [-0.1, -0.05) is 30.3 Å². The molecule has 2 atom stereocenters. The highest BCUT2D eigenvalue weighted by Crippen LogP contribution is 2.28. The third-order valence-corrected chi connectivity index (χ3v) is 2.77. The van der Waals surface area contributed by atoms with Crippen molar-refractivity contribution in [2.75, 3.05) is 7.11 Å². The maximum atomic E-state index is 9.21. The number of nitriles is 1. The molecule has 14 heavy (non-hydrogen) atoms. The topological polar surface area (TPSA) is 33.0 Å². The third kappa shape index (κ3) is 1.78. The molecule has 0 spiro atoms. The first-order chi connectivity index (χ1) is 6.65. The highest BCUT2D eigenvalue weighted by molar-refractivity contribution is 5.32. The number of hydrogen-bond donors (Lipinski definition) is 0. The van der Waals surface area contributed by atoms with Gasteiger partial charge in [0.1, 0.15) is 5.41 Å². The van der Waals surface area contributed by atoms with E-state index in [1.165, 1.54) is 0 Å². The van der Waals surface area contributed by atoms with Crippen LogP contribution in [0.2, 0.25) is 0 Å². The SMILES string of the molecule is COC(C)C(C)(C#N)c1ccccc1. The summed E-state index contributed by atoms with van der Waals surface area (Å²) < 4.78 is 5.24. The van der Waals surface area contributed by atoms with Crippen LogP contribution in [-0.4, -0.2) is 13.2 Å². The molecular weight excluding hydrogens is 174 g/mol. The molecule has 2 heteroatoms. The molecule has 74 valence electrons. The fourth-order valence-electron chi connectivity index (χ4n) is 1.41. The summed E-state index contributed by atoms with van der Waals surface area (Å²) in [6, 6.07) is 12.1. The smallest absolute Gasteiger partial charge is 0.105 e. The van der Waals surface area contributed by atoms with Gasteiger partial charge in [-0.15, -0.1) is 0 Å². The first-order valence-electron chi connectivity index (χ1n) is 4.64. The van der Waals surface area contributed by atoms with Crippen LogP contribution in [0.15, 0.2) is 30.3 Å². The highest BCUT2D eigenvalue weighted by atomic mass is 16.5. The third-order valence-electron chi connectivity index (χ3n) is 2.77. The van der Waals surface area contributed by atoms with Crippen molar-refractivity contribution in [2.24, 2.45) is 0 Å². The molecule has 0 radical (unpaired) electrons. The Morgan fingerprint density at radius 3 is 2.36 bits per heavy atom. The Labute approximate surface area is 85.1 Å². The number of nitrogens with zero attached hydrogens (tertiary/aromatic N) is 1. The highest BCUT2D eigenvalue weighted by Gasteiger charge is 2.33. The van der Waals surface area contributed by atoms with Crippen LogP contribution in [0, 0.1) is 11.3 Å².